The van der Waals surface area contributed by atoms with Crippen LogP contribution >= 0.6 is 0 Å². The molecule has 0 aliphatic heterocycles. The molecule has 0 fully saturated rings. The number of carbonyl (C=O) groups is 1. The van der Waals surface area contributed by atoms with Crippen molar-refractivity contribution in [2.24, 2.45) is 0 Å². The number of carbonyl (C=O) groups excluding carboxylic acids is 1. The van der Waals surface area contributed by atoms with Crippen LogP contribution in [0.15, 0.2) is 30.3 Å². The molecule has 0 aromatic heterocycles. The third-order valence-corrected chi connectivity index (χ3v) is 2.48. The van der Waals surface area contributed by atoms with Crippen LogP contribution in [-0.2, 0) is 4.79 Å². The molecule has 1 aromatic carbocycles. The summed E-state index contributed by atoms with van der Waals surface area (Å²) in [6, 6.07) is 9.09. The maximum atomic E-state index is 11.4. The monoisotopic (exact) mass is 221 g/mol. The summed E-state index contributed by atoms with van der Waals surface area (Å²) < 4.78 is 0. The Hall–Kier alpha value is -1.35. The zero-order chi connectivity index (χ0) is 12.0. The lowest BCUT2D eigenvalue weighted by Crippen LogP contribution is -2.36. The van der Waals surface area contributed by atoms with E-state index in [0.717, 1.165) is 12.0 Å². The first-order valence-electron chi connectivity index (χ1n) is 5.67. The number of aliphatic hydroxyl groups is 1. The molecule has 0 bridgehead atoms. The van der Waals surface area contributed by atoms with Crippen LogP contribution in [0, 0.1) is 0 Å². The zero-order valence-corrected chi connectivity index (χ0v) is 9.81. The van der Waals surface area contributed by atoms with Gasteiger partial charge in [-0.15, -0.1) is 0 Å². The molecule has 16 heavy (non-hydrogen) atoms. The topological polar surface area (TPSA) is 49.3 Å². The molecule has 1 aromatic rings. The minimum atomic E-state index is -0.651. The molecule has 3 heteroatoms. The summed E-state index contributed by atoms with van der Waals surface area (Å²) in [5.74, 6) is -0.00928. The molecule has 1 rings (SSSR count). The van der Waals surface area contributed by atoms with E-state index in [1.165, 1.54) is 0 Å². The molecule has 1 amide bonds. The summed E-state index contributed by atoms with van der Waals surface area (Å²) in [4.78, 5) is 11.4. The minimum Gasteiger partial charge on any atom is -0.386 e. The fraction of sp³-hybridized carbons (Fsp3) is 0.462. The molecular weight excluding hydrogens is 202 g/mol. The first kappa shape index (κ1) is 12.7. The maximum Gasteiger partial charge on any atom is 0.220 e. The molecule has 3 nitrogen and oxygen atoms in total. The van der Waals surface area contributed by atoms with Crippen molar-refractivity contribution in [1.82, 2.24) is 5.32 Å². The highest BCUT2D eigenvalue weighted by Gasteiger charge is 2.17. The van der Waals surface area contributed by atoms with Gasteiger partial charge in [-0.1, -0.05) is 37.3 Å². The van der Waals surface area contributed by atoms with Gasteiger partial charge in [0.05, 0.1) is 12.1 Å². The van der Waals surface area contributed by atoms with Crippen LogP contribution in [0.25, 0.3) is 0 Å². The number of amides is 1. The molecule has 2 N–H and O–H groups in total. The van der Waals surface area contributed by atoms with E-state index in [-0.39, 0.29) is 11.9 Å². The Morgan fingerprint density at radius 3 is 2.56 bits per heavy atom. The van der Waals surface area contributed by atoms with Gasteiger partial charge in [0.2, 0.25) is 5.91 Å². The smallest absolute Gasteiger partial charge is 0.220 e. The van der Waals surface area contributed by atoms with Crippen molar-refractivity contribution in [3.05, 3.63) is 35.9 Å². The molecule has 0 spiro atoms. The quantitative estimate of drug-likeness (QED) is 0.799. The van der Waals surface area contributed by atoms with Crippen LogP contribution in [0.5, 0.6) is 0 Å². The fourth-order valence-electron chi connectivity index (χ4n) is 1.57. The predicted molar refractivity (Wildman–Crippen MR) is 63.9 cm³/mol. The Bertz CT molecular complexity index is 324. The zero-order valence-electron chi connectivity index (χ0n) is 9.81. The van der Waals surface area contributed by atoms with Gasteiger partial charge < -0.3 is 10.4 Å². The van der Waals surface area contributed by atoms with Gasteiger partial charge in [0.15, 0.2) is 0 Å². The second kappa shape index (κ2) is 6.28. The average Bonchev–Trinajstić information content (AvgIpc) is 2.29. The molecule has 0 heterocycles. The molecular formula is C13H19NO2. The summed E-state index contributed by atoms with van der Waals surface area (Å²) in [5.41, 5.74) is 0.826. The largest absolute Gasteiger partial charge is 0.386 e. The molecule has 2 unspecified atom stereocenters. The fourth-order valence-corrected chi connectivity index (χ4v) is 1.57. The second-order valence-corrected chi connectivity index (χ2v) is 3.96. The van der Waals surface area contributed by atoms with Crippen molar-refractivity contribution in [3.8, 4) is 0 Å². The molecule has 0 saturated carbocycles. The van der Waals surface area contributed by atoms with E-state index in [9.17, 15) is 9.90 Å². The van der Waals surface area contributed by atoms with Gasteiger partial charge in [0, 0.05) is 6.42 Å². The van der Waals surface area contributed by atoms with E-state index in [1.54, 1.807) is 0 Å². The van der Waals surface area contributed by atoms with Crippen molar-refractivity contribution in [3.63, 3.8) is 0 Å². The number of nitrogens with one attached hydrogen (secondary N) is 1. The summed E-state index contributed by atoms with van der Waals surface area (Å²) >= 11 is 0. The van der Waals surface area contributed by atoms with Crippen LogP contribution in [0.3, 0.4) is 0 Å². The summed E-state index contributed by atoms with van der Waals surface area (Å²) in [6.07, 6.45) is 0.674. The van der Waals surface area contributed by atoms with Gasteiger partial charge in [0.25, 0.3) is 0 Å². The van der Waals surface area contributed by atoms with Gasteiger partial charge in [-0.2, -0.15) is 0 Å². The first-order chi connectivity index (χ1) is 7.65. The van der Waals surface area contributed by atoms with Crippen LogP contribution in [0.1, 0.15) is 38.4 Å². The number of aliphatic hydroxyl groups excluding tert-OH is 1. The van der Waals surface area contributed by atoms with Crippen molar-refractivity contribution in [2.45, 2.75) is 38.8 Å². The molecule has 0 saturated heterocycles. The van der Waals surface area contributed by atoms with Gasteiger partial charge in [-0.05, 0) is 18.9 Å². The van der Waals surface area contributed by atoms with E-state index in [0.29, 0.717) is 6.42 Å². The van der Waals surface area contributed by atoms with Gasteiger partial charge in [0.1, 0.15) is 0 Å². The third kappa shape index (κ3) is 3.66. The van der Waals surface area contributed by atoms with Crippen LogP contribution < -0.4 is 5.32 Å². The minimum absolute atomic E-state index is 0.00928. The van der Waals surface area contributed by atoms with E-state index in [1.807, 2.05) is 44.2 Å². The van der Waals surface area contributed by atoms with Crippen molar-refractivity contribution in [1.29, 1.82) is 0 Å². The molecule has 0 aliphatic rings. The lowest BCUT2D eigenvalue weighted by atomic mass is 10.0. The Kier molecular flexibility index (Phi) is 4.99. The SMILES string of the molecule is CCCC(=O)NC(C)C(O)c1ccccc1. The van der Waals surface area contributed by atoms with Gasteiger partial charge in [-0.3, -0.25) is 4.79 Å². The number of benzene rings is 1. The highest BCUT2D eigenvalue weighted by Crippen LogP contribution is 2.15. The molecule has 88 valence electrons. The van der Waals surface area contributed by atoms with E-state index < -0.39 is 6.10 Å². The van der Waals surface area contributed by atoms with Crippen molar-refractivity contribution >= 4 is 5.91 Å². The van der Waals surface area contributed by atoms with Crippen LogP contribution in [0.2, 0.25) is 0 Å². The predicted octanol–water partition coefficient (Wildman–Crippen LogP) is 2.02. The maximum absolute atomic E-state index is 11.4. The van der Waals surface area contributed by atoms with Crippen LogP contribution in [-0.4, -0.2) is 17.1 Å². The molecule has 0 aliphatic carbocycles. The Balaban J connectivity index is 2.54. The van der Waals surface area contributed by atoms with Gasteiger partial charge >= 0.3 is 0 Å². The Morgan fingerprint density at radius 1 is 1.38 bits per heavy atom. The van der Waals surface area contributed by atoms with Crippen LogP contribution in [0.4, 0.5) is 0 Å². The number of hydrogen-bond acceptors (Lipinski definition) is 2. The molecule has 2 atom stereocenters. The Morgan fingerprint density at radius 2 is 2.00 bits per heavy atom. The lowest BCUT2D eigenvalue weighted by Gasteiger charge is -2.20. The van der Waals surface area contributed by atoms with E-state index in [4.69, 9.17) is 0 Å². The average molecular weight is 221 g/mol. The highest BCUT2D eigenvalue weighted by atomic mass is 16.3. The number of rotatable bonds is 5. The van der Waals surface area contributed by atoms with Crippen molar-refractivity contribution in [2.75, 3.05) is 0 Å². The number of hydrogen-bond donors (Lipinski definition) is 2. The highest BCUT2D eigenvalue weighted by molar-refractivity contribution is 5.76. The summed E-state index contributed by atoms with van der Waals surface area (Å²) in [6.45, 7) is 3.77. The standard InChI is InChI=1S/C13H19NO2/c1-3-7-12(15)14-10(2)13(16)11-8-5-4-6-9-11/h4-6,8-10,13,16H,3,7H2,1-2H3,(H,14,15). The van der Waals surface area contributed by atoms with Crippen molar-refractivity contribution < 1.29 is 9.90 Å². The van der Waals surface area contributed by atoms with E-state index >= 15 is 0 Å². The first-order valence-corrected chi connectivity index (χ1v) is 5.67. The van der Waals surface area contributed by atoms with E-state index in [2.05, 4.69) is 5.32 Å². The summed E-state index contributed by atoms with van der Waals surface area (Å²) in [5, 5.41) is 12.8. The normalized spacial score (nSPS) is 14.2. The second-order valence-electron chi connectivity index (χ2n) is 3.96. The lowest BCUT2D eigenvalue weighted by molar-refractivity contribution is -0.122. The van der Waals surface area contributed by atoms with Gasteiger partial charge in [-0.25, -0.2) is 0 Å². The third-order valence-electron chi connectivity index (χ3n) is 2.48. The Labute approximate surface area is 96.5 Å². The molecule has 0 radical (unpaired) electrons. The summed E-state index contributed by atoms with van der Waals surface area (Å²) in [7, 11) is 0.